The smallest absolute Gasteiger partial charge is 0.258 e. The third-order valence-corrected chi connectivity index (χ3v) is 4.70. The van der Waals surface area contributed by atoms with Crippen molar-refractivity contribution in [2.24, 2.45) is 0 Å². The van der Waals surface area contributed by atoms with Gasteiger partial charge in [-0.2, -0.15) is 0 Å². The molecule has 1 N–H and O–H groups in total. The molecule has 1 atom stereocenters. The van der Waals surface area contributed by atoms with E-state index in [4.69, 9.17) is 0 Å². The van der Waals surface area contributed by atoms with E-state index < -0.39 is 6.43 Å². The standard InChI is InChI=1S/C18H21F2N3O2/c1-2-12-10-23(8-7-22(12)11-16(19)20)18(25)17-13-5-3-4-6-14(13)21-9-15(17)24/h3-6,9,12,16,24H,2,7-8,10-11H2,1H3. The van der Waals surface area contributed by atoms with E-state index in [1.165, 1.54) is 6.20 Å². The fourth-order valence-corrected chi connectivity index (χ4v) is 3.40. The summed E-state index contributed by atoms with van der Waals surface area (Å²) in [7, 11) is 0. The van der Waals surface area contributed by atoms with Crippen LogP contribution in [0.3, 0.4) is 0 Å². The highest BCUT2D eigenvalue weighted by Gasteiger charge is 2.31. The predicted molar refractivity (Wildman–Crippen MR) is 91.0 cm³/mol. The van der Waals surface area contributed by atoms with Crippen molar-refractivity contribution in [1.82, 2.24) is 14.8 Å². The molecule has 2 heterocycles. The van der Waals surface area contributed by atoms with E-state index in [9.17, 15) is 18.7 Å². The van der Waals surface area contributed by atoms with Gasteiger partial charge in [0, 0.05) is 31.1 Å². The Hall–Kier alpha value is -2.28. The summed E-state index contributed by atoms with van der Waals surface area (Å²) in [6.07, 6.45) is -0.427. The molecule has 2 aromatic rings. The van der Waals surface area contributed by atoms with Crippen LogP contribution in [0, 0.1) is 0 Å². The lowest BCUT2D eigenvalue weighted by Gasteiger charge is -2.41. The lowest BCUT2D eigenvalue weighted by Crippen LogP contribution is -2.55. The SMILES string of the molecule is CCC1CN(C(=O)c2c(O)cnc3ccccc23)CCN1CC(F)F. The van der Waals surface area contributed by atoms with Gasteiger partial charge in [0.1, 0.15) is 5.75 Å². The Morgan fingerprint density at radius 2 is 2.12 bits per heavy atom. The number of piperazine rings is 1. The molecule has 0 bridgehead atoms. The van der Waals surface area contributed by atoms with Crippen LogP contribution < -0.4 is 0 Å². The molecule has 5 nitrogen and oxygen atoms in total. The van der Waals surface area contributed by atoms with Gasteiger partial charge in [-0.05, 0) is 12.5 Å². The van der Waals surface area contributed by atoms with Crippen molar-refractivity contribution in [3.63, 3.8) is 0 Å². The van der Waals surface area contributed by atoms with Crippen molar-refractivity contribution < 1.29 is 18.7 Å². The molecule has 1 amide bonds. The van der Waals surface area contributed by atoms with Crippen molar-refractivity contribution >= 4 is 16.8 Å². The second kappa shape index (κ2) is 7.31. The predicted octanol–water partition coefficient (Wildman–Crippen LogP) is 2.74. The summed E-state index contributed by atoms with van der Waals surface area (Å²) in [5.41, 5.74) is 0.856. The first-order valence-electron chi connectivity index (χ1n) is 8.39. The van der Waals surface area contributed by atoms with Gasteiger partial charge >= 0.3 is 0 Å². The molecule has 1 unspecified atom stereocenters. The van der Waals surface area contributed by atoms with Crippen LogP contribution in [0.4, 0.5) is 8.78 Å². The van der Waals surface area contributed by atoms with E-state index in [0.29, 0.717) is 37.0 Å². The van der Waals surface area contributed by atoms with Crippen LogP contribution >= 0.6 is 0 Å². The quantitative estimate of drug-likeness (QED) is 0.922. The molecule has 1 aromatic heterocycles. The third kappa shape index (κ3) is 3.56. The summed E-state index contributed by atoms with van der Waals surface area (Å²) in [4.78, 5) is 20.5. The van der Waals surface area contributed by atoms with Crippen LogP contribution in [0.1, 0.15) is 23.7 Å². The second-order valence-corrected chi connectivity index (χ2v) is 6.23. The first-order valence-corrected chi connectivity index (χ1v) is 8.39. The lowest BCUT2D eigenvalue weighted by molar-refractivity contribution is 0.0186. The molecule has 1 fully saturated rings. The molecule has 1 aliphatic rings. The van der Waals surface area contributed by atoms with Gasteiger partial charge in [-0.15, -0.1) is 0 Å². The number of para-hydroxylation sites is 1. The highest BCUT2D eigenvalue weighted by Crippen LogP contribution is 2.27. The minimum atomic E-state index is -2.38. The summed E-state index contributed by atoms with van der Waals surface area (Å²) >= 11 is 0. The molecule has 0 spiro atoms. The van der Waals surface area contributed by atoms with Gasteiger partial charge in [0.2, 0.25) is 0 Å². The van der Waals surface area contributed by atoms with Gasteiger partial charge in [-0.1, -0.05) is 25.1 Å². The first-order chi connectivity index (χ1) is 12.0. The summed E-state index contributed by atoms with van der Waals surface area (Å²) in [6.45, 7) is 2.79. The van der Waals surface area contributed by atoms with E-state index in [1.54, 1.807) is 28.0 Å². The van der Waals surface area contributed by atoms with Crippen LogP contribution in [0.25, 0.3) is 10.9 Å². The zero-order valence-corrected chi connectivity index (χ0v) is 14.0. The summed E-state index contributed by atoms with van der Waals surface area (Å²) < 4.78 is 25.4. The van der Waals surface area contributed by atoms with Crippen LogP contribution in [0.2, 0.25) is 0 Å². The maximum Gasteiger partial charge on any atom is 0.258 e. The molecule has 25 heavy (non-hydrogen) atoms. The number of alkyl halides is 2. The van der Waals surface area contributed by atoms with Crippen molar-refractivity contribution in [2.75, 3.05) is 26.2 Å². The molecule has 0 saturated carbocycles. The maximum absolute atomic E-state index is 13.0. The largest absolute Gasteiger partial charge is 0.505 e. The van der Waals surface area contributed by atoms with E-state index in [0.717, 1.165) is 0 Å². The Kier molecular flexibility index (Phi) is 5.13. The van der Waals surface area contributed by atoms with Crippen molar-refractivity contribution in [3.8, 4) is 5.75 Å². The van der Waals surface area contributed by atoms with Gasteiger partial charge in [0.25, 0.3) is 12.3 Å². The number of hydrogen-bond donors (Lipinski definition) is 1. The summed E-state index contributed by atoms with van der Waals surface area (Å²) in [6, 6.07) is 7.02. The van der Waals surface area contributed by atoms with Gasteiger partial charge in [-0.3, -0.25) is 14.7 Å². The minimum absolute atomic E-state index is 0.109. The van der Waals surface area contributed by atoms with E-state index >= 15 is 0 Å². The van der Waals surface area contributed by atoms with Gasteiger partial charge in [0.15, 0.2) is 0 Å². The molecule has 7 heteroatoms. The average molecular weight is 349 g/mol. The average Bonchev–Trinajstić information content (AvgIpc) is 2.61. The molecular weight excluding hydrogens is 328 g/mol. The van der Waals surface area contributed by atoms with Gasteiger partial charge in [-0.25, -0.2) is 8.78 Å². The molecule has 134 valence electrons. The lowest BCUT2D eigenvalue weighted by atomic mass is 10.0. The monoisotopic (exact) mass is 349 g/mol. The fourth-order valence-electron chi connectivity index (χ4n) is 3.40. The zero-order chi connectivity index (χ0) is 18.0. The molecule has 1 saturated heterocycles. The van der Waals surface area contributed by atoms with E-state index in [1.807, 2.05) is 13.0 Å². The third-order valence-electron chi connectivity index (χ3n) is 4.70. The van der Waals surface area contributed by atoms with E-state index in [-0.39, 0.29) is 29.8 Å². The maximum atomic E-state index is 13.0. The molecule has 1 aromatic carbocycles. The number of halogens is 2. The number of benzene rings is 1. The van der Waals surface area contributed by atoms with Crippen molar-refractivity contribution in [1.29, 1.82) is 0 Å². The number of aromatic nitrogens is 1. The molecule has 3 rings (SSSR count). The molecule has 0 radical (unpaired) electrons. The molecule has 0 aliphatic carbocycles. The summed E-state index contributed by atoms with van der Waals surface area (Å²) in [5, 5.41) is 10.8. The number of rotatable bonds is 4. The van der Waals surface area contributed by atoms with Crippen molar-refractivity contribution in [2.45, 2.75) is 25.8 Å². The normalized spacial score (nSPS) is 18.9. The number of aromatic hydroxyl groups is 1. The van der Waals surface area contributed by atoms with Crippen LogP contribution in [0.5, 0.6) is 5.75 Å². The Morgan fingerprint density at radius 3 is 2.84 bits per heavy atom. The number of amides is 1. The number of hydrogen-bond acceptors (Lipinski definition) is 4. The number of fused-ring (bicyclic) bond motifs is 1. The topological polar surface area (TPSA) is 56.7 Å². The Bertz CT molecular complexity index is 769. The molecular formula is C18H21F2N3O2. The van der Waals surface area contributed by atoms with Gasteiger partial charge in [0.05, 0.1) is 23.8 Å². The highest BCUT2D eigenvalue weighted by atomic mass is 19.3. The van der Waals surface area contributed by atoms with Crippen LogP contribution in [-0.4, -0.2) is 64.4 Å². The van der Waals surface area contributed by atoms with Crippen LogP contribution in [0.15, 0.2) is 30.5 Å². The Balaban J connectivity index is 1.86. The Labute approximate surface area is 144 Å². The number of carbonyl (C=O) groups excluding carboxylic acids is 1. The minimum Gasteiger partial charge on any atom is -0.505 e. The second-order valence-electron chi connectivity index (χ2n) is 6.23. The van der Waals surface area contributed by atoms with Gasteiger partial charge < -0.3 is 10.0 Å². The summed E-state index contributed by atoms with van der Waals surface area (Å²) in [5.74, 6) is -0.446. The molecule has 1 aliphatic heterocycles. The van der Waals surface area contributed by atoms with Crippen molar-refractivity contribution in [3.05, 3.63) is 36.0 Å². The fraction of sp³-hybridized carbons (Fsp3) is 0.444. The first kappa shape index (κ1) is 17.5. The number of nitrogens with zero attached hydrogens (tertiary/aromatic N) is 3. The number of carbonyl (C=O) groups is 1. The van der Waals surface area contributed by atoms with Crippen LogP contribution in [-0.2, 0) is 0 Å². The van der Waals surface area contributed by atoms with E-state index in [2.05, 4.69) is 4.98 Å². The highest BCUT2D eigenvalue weighted by molar-refractivity contribution is 6.08. The number of pyridine rings is 1. The Morgan fingerprint density at radius 1 is 1.36 bits per heavy atom. The zero-order valence-electron chi connectivity index (χ0n) is 14.0.